The van der Waals surface area contributed by atoms with Crippen LogP contribution in [0.15, 0.2) is 47.7 Å². The summed E-state index contributed by atoms with van der Waals surface area (Å²) in [6.45, 7) is 2.80. The smallest absolute Gasteiger partial charge is 0.270 e. The number of rotatable bonds is 7. The number of carbonyl (C=O) groups is 2. The van der Waals surface area contributed by atoms with Crippen LogP contribution in [0.5, 0.6) is 0 Å². The Morgan fingerprint density at radius 2 is 2.15 bits per heavy atom. The lowest BCUT2D eigenvalue weighted by atomic mass is 9.83. The molecule has 1 aliphatic heterocycles. The van der Waals surface area contributed by atoms with Crippen LogP contribution in [-0.4, -0.2) is 36.6 Å². The van der Waals surface area contributed by atoms with Crippen LogP contribution in [-0.2, 0) is 11.3 Å². The predicted molar refractivity (Wildman–Crippen MR) is 126 cm³/mol. The number of hydrogen-bond donors (Lipinski definition) is 2. The first kappa shape index (κ1) is 22.6. The molecule has 33 heavy (non-hydrogen) atoms. The minimum absolute atomic E-state index is 0.110. The monoisotopic (exact) mass is 449 g/mol. The number of nitrogens with zero attached hydrogens (tertiary/aromatic N) is 3. The maximum Gasteiger partial charge on any atom is 0.270 e. The summed E-state index contributed by atoms with van der Waals surface area (Å²) in [6, 6.07) is 7.85. The van der Waals surface area contributed by atoms with Gasteiger partial charge in [0.15, 0.2) is 0 Å². The van der Waals surface area contributed by atoms with Crippen molar-refractivity contribution in [3.05, 3.63) is 65.4 Å². The first-order valence-electron chi connectivity index (χ1n) is 11.1. The normalized spacial score (nSPS) is 21.1. The molecule has 1 atom stereocenters. The SMILES string of the molecule is CN=CC(=CN)c1cc(F)cc(CNC(=O)c2cc(N3CC[C@@](C)(C4CC4)C3=O)ccn2)c1. The minimum atomic E-state index is -0.438. The summed E-state index contributed by atoms with van der Waals surface area (Å²) in [4.78, 5) is 35.6. The van der Waals surface area contributed by atoms with Crippen molar-refractivity contribution in [2.24, 2.45) is 22.1 Å². The largest absolute Gasteiger partial charge is 0.404 e. The lowest BCUT2D eigenvalue weighted by Gasteiger charge is -2.23. The highest BCUT2D eigenvalue weighted by Crippen LogP contribution is 2.51. The van der Waals surface area contributed by atoms with Crippen molar-refractivity contribution in [1.29, 1.82) is 0 Å². The number of amides is 2. The van der Waals surface area contributed by atoms with Gasteiger partial charge in [-0.1, -0.05) is 6.92 Å². The number of halogens is 1. The highest BCUT2D eigenvalue weighted by Gasteiger charge is 2.52. The summed E-state index contributed by atoms with van der Waals surface area (Å²) in [5.74, 6) is -0.251. The van der Waals surface area contributed by atoms with Gasteiger partial charge >= 0.3 is 0 Å². The molecule has 2 aliphatic rings. The second kappa shape index (κ2) is 9.13. The molecule has 4 rings (SSSR count). The summed E-state index contributed by atoms with van der Waals surface area (Å²) in [6.07, 6.45) is 7.47. The number of nitrogens with two attached hydrogens (primary N) is 1. The number of aromatic nitrogens is 1. The van der Waals surface area contributed by atoms with E-state index < -0.39 is 11.7 Å². The first-order chi connectivity index (χ1) is 15.9. The lowest BCUT2D eigenvalue weighted by Crippen LogP contribution is -2.34. The Hall–Kier alpha value is -3.55. The number of nitrogens with one attached hydrogen (secondary N) is 1. The molecule has 7 nitrogen and oxygen atoms in total. The van der Waals surface area contributed by atoms with Crippen molar-refractivity contribution in [2.45, 2.75) is 32.7 Å². The van der Waals surface area contributed by atoms with E-state index >= 15 is 0 Å². The Bertz CT molecular complexity index is 1140. The Balaban J connectivity index is 1.46. The van der Waals surface area contributed by atoms with Crippen molar-refractivity contribution in [2.75, 3.05) is 18.5 Å². The molecule has 2 aromatic rings. The van der Waals surface area contributed by atoms with Gasteiger partial charge in [-0.25, -0.2) is 4.39 Å². The molecule has 172 valence electrons. The number of hydrogen-bond acceptors (Lipinski definition) is 5. The highest BCUT2D eigenvalue weighted by atomic mass is 19.1. The first-order valence-corrected chi connectivity index (χ1v) is 11.1. The molecule has 1 saturated carbocycles. The molecule has 2 heterocycles. The Morgan fingerprint density at radius 1 is 1.36 bits per heavy atom. The summed E-state index contributed by atoms with van der Waals surface area (Å²) in [5, 5.41) is 2.78. The van der Waals surface area contributed by atoms with E-state index in [1.165, 1.54) is 24.5 Å². The van der Waals surface area contributed by atoms with Gasteiger partial charge in [-0.05, 0) is 66.6 Å². The fraction of sp³-hybridized carbons (Fsp3) is 0.360. The van der Waals surface area contributed by atoms with Gasteiger partial charge in [0.25, 0.3) is 5.91 Å². The Labute approximate surface area is 192 Å². The minimum Gasteiger partial charge on any atom is -0.404 e. The third kappa shape index (κ3) is 4.65. The van der Waals surface area contributed by atoms with Crippen molar-refractivity contribution in [3.63, 3.8) is 0 Å². The van der Waals surface area contributed by atoms with E-state index in [4.69, 9.17) is 5.73 Å². The average Bonchev–Trinajstić information content (AvgIpc) is 3.62. The van der Waals surface area contributed by atoms with E-state index in [0.29, 0.717) is 34.9 Å². The second-order valence-corrected chi connectivity index (χ2v) is 8.84. The summed E-state index contributed by atoms with van der Waals surface area (Å²) >= 11 is 0. The van der Waals surface area contributed by atoms with Gasteiger partial charge in [0.05, 0.1) is 5.41 Å². The van der Waals surface area contributed by atoms with Crippen molar-refractivity contribution >= 4 is 29.3 Å². The molecule has 3 N–H and O–H groups in total. The molecule has 2 amide bonds. The van der Waals surface area contributed by atoms with Crippen LogP contribution in [0.25, 0.3) is 5.57 Å². The maximum absolute atomic E-state index is 14.1. The molecule has 8 heteroatoms. The van der Waals surface area contributed by atoms with Crippen molar-refractivity contribution < 1.29 is 14.0 Å². The maximum atomic E-state index is 14.1. The Kier molecular flexibility index (Phi) is 6.26. The molecular formula is C25H28FN5O2. The number of pyridine rings is 1. The van der Waals surface area contributed by atoms with Crippen LogP contribution in [0, 0.1) is 17.2 Å². The number of benzene rings is 1. The molecule has 0 spiro atoms. The van der Waals surface area contributed by atoms with E-state index in [1.54, 1.807) is 36.4 Å². The molecule has 1 aromatic carbocycles. The van der Waals surface area contributed by atoms with Crippen molar-refractivity contribution in [3.8, 4) is 0 Å². The fourth-order valence-electron chi connectivity index (χ4n) is 4.46. The highest BCUT2D eigenvalue weighted by molar-refractivity contribution is 6.09. The number of aliphatic imine (C=N–C) groups is 1. The topological polar surface area (TPSA) is 101 Å². The zero-order valence-corrected chi connectivity index (χ0v) is 18.8. The molecule has 1 aromatic heterocycles. The molecule has 0 bridgehead atoms. The quantitative estimate of drug-likeness (QED) is 0.634. The molecule has 1 saturated heterocycles. The summed E-state index contributed by atoms with van der Waals surface area (Å²) in [7, 11) is 1.60. The van der Waals surface area contributed by atoms with Gasteiger partial charge in [0.1, 0.15) is 11.5 Å². The molecule has 0 unspecified atom stereocenters. The zero-order chi connectivity index (χ0) is 23.6. The lowest BCUT2D eigenvalue weighted by molar-refractivity contribution is -0.125. The van der Waals surface area contributed by atoms with Gasteiger partial charge < -0.3 is 16.0 Å². The van der Waals surface area contributed by atoms with Crippen molar-refractivity contribution in [1.82, 2.24) is 10.3 Å². The van der Waals surface area contributed by atoms with Crippen LogP contribution >= 0.6 is 0 Å². The number of carbonyl (C=O) groups excluding carboxylic acids is 2. The second-order valence-electron chi connectivity index (χ2n) is 8.84. The molecule has 2 fully saturated rings. The molecular weight excluding hydrogens is 421 g/mol. The standard InChI is InChI=1S/C25H28FN5O2/c1-25(19-3-4-19)6-8-31(24(25)33)21-5-7-29-22(12-21)23(32)30-14-16-9-17(11-20(26)10-16)18(13-27)15-28-2/h5,7,9-13,15,19H,3-4,6,8,14,27H2,1-2H3,(H,30,32)/t25-/m0/s1. The predicted octanol–water partition coefficient (Wildman–Crippen LogP) is 3.30. The zero-order valence-electron chi connectivity index (χ0n) is 18.8. The van der Waals surface area contributed by atoms with E-state index in [2.05, 4.69) is 15.3 Å². The van der Waals surface area contributed by atoms with Gasteiger partial charge in [-0.2, -0.15) is 0 Å². The summed E-state index contributed by atoms with van der Waals surface area (Å²) in [5.41, 5.74) is 7.92. The average molecular weight is 450 g/mol. The van der Waals surface area contributed by atoms with E-state index in [-0.39, 0.29) is 23.6 Å². The van der Waals surface area contributed by atoms with E-state index in [1.807, 2.05) is 6.92 Å². The number of anilines is 1. The van der Waals surface area contributed by atoms with Crippen LogP contribution in [0.2, 0.25) is 0 Å². The summed E-state index contributed by atoms with van der Waals surface area (Å²) < 4.78 is 14.1. The van der Waals surface area contributed by atoms with Gasteiger partial charge in [-0.15, -0.1) is 0 Å². The van der Waals surface area contributed by atoms with Crippen LogP contribution in [0.3, 0.4) is 0 Å². The fourth-order valence-corrected chi connectivity index (χ4v) is 4.46. The van der Waals surface area contributed by atoms with E-state index in [9.17, 15) is 14.0 Å². The third-order valence-corrected chi connectivity index (χ3v) is 6.55. The van der Waals surface area contributed by atoms with Gasteiger partial charge in [0, 0.05) is 50.0 Å². The van der Waals surface area contributed by atoms with E-state index in [0.717, 1.165) is 19.3 Å². The third-order valence-electron chi connectivity index (χ3n) is 6.55. The van der Waals surface area contributed by atoms with Crippen LogP contribution in [0.4, 0.5) is 10.1 Å². The molecule has 0 radical (unpaired) electrons. The number of allylic oxidation sites excluding steroid dienone is 1. The molecule has 1 aliphatic carbocycles. The van der Waals surface area contributed by atoms with Crippen LogP contribution < -0.4 is 16.0 Å². The van der Waals surface area contributed by atoms with Gasteiger partial charge in [-0.3, -0.25) is 19.6 Å². The van der Waals surface area contributed by atoms with Crippen LogP contribution in [0.1, 0.15) is 47.8 Å². The Morgan fingerprint density at radius 3 is 2.85 bits per heavy atom. The van der Waals surface area contributed by atoms with Gasteiger partial charge in [0.2, 0.25) is 5.91 Å².